The van der Waals surface area contributed by atoms with Crippen molar-refractivity contribution in [3.63, 3.8) is 0 Å². The van der Waals surface area contributed by atoms with Crippen LogP contribution in [0.5, 0.6) is 5.75 Å². The molecule has 0 saturated heterocycles. The molecule has 1 aromatic rings. The van der Waals surface area contributed by atoms with Gasteiger partial charge in [0.1, 0.15) is 5.75 Å². The summed E-state index contributed by atoms with van der Waals surface area (Å²) in [6.45, 7) is 1.93. The lowest BCUT2D eigenvalue weighted by molar-refractivity contribution is 0.417. The number of ether oxygens (including phenoxy) is 1. The number of hydrogen-bond donors (Lipinski definition) is 3. The van der Waals surface area contributed by atoms with E-state index in [1.54, 1.807) is 13.2 Å². The molecule has 1 saturated carbocycles. The van der Waals surface area contributed by atoms with Gasteiger partial charge in [-0.15, -0.1) is 0 Å². The number of hydrogen-bond acceptors (Lipinski definition) is 3. The maximum Gasteiger partial charge on any atom is 0.210 e. The zero-order valence-corrected chi connectivity index (χ0v) is 11.2. The monoisotopic (exact) mass is 268 g/mol. The highest BCUT2D eigenvalue weighted by Crippen LogP contribution is 2.31. The molecule has 0 aliphatic heterocycles. The summed E-state index contributed by atoms with van der Waals surface area (Å²) >= 11 is 6.05. The lowest BCUT2D eigenvalue weighted by Crippen LogP contribution is -2.36. The molecule has 2 rings (SSSR count). The molecule has 0 spiro atoms. The topological polar surface area (TPSA) is 71.7 Å². The molecule has 0 bridgehead atoms. The fourth-order valence-electron chi connectivity index (χ4n) is 1.55. The number of rotatable bonds is 3. The van der Waals surface area contributed by atoms with E-state index in [1.807, 2.05) is 13.0 Å². The van der Waals surface area contributed by atoms with Gasteiger partial charge in [-0.2, -0.15) is 0 Å². The first-order valence-corrected chi connectivity index (χ1v) is 6.17. The Kier molecular flexibility index (Phi) is 3.93. The molecule has 5 nitrogen and oxygen atoms in total. The highest BCUT2D eigenvalue weighted by Gasteiger charge is 2.21. The number of nitrogens with one attached hydrogen (secondary N) is 2. The molecule has 1 fully saturated rings. The largest absolute Gasteiger partial charge is 0.495 e. The second-order valence-corrected chi connectivity index (χ2v) is 4.69. The lowest BCUT2D eigenvalue weighted by Gasteiger charge is -2.14. The van der Waals surface area contributed by atoms with E-state index in [9.17, 15) is 0 Å². The molecule has 1 aliphatic rings. The summed E-state index contributed by atoms with van der Waals surface area (Å²) in [5, 5.41) is 3.78. The molecule has 6 heteroatoms. The zero-order valence-electron chi connectivity index (χ0n) is 10.5. The normalized spacial score (nSPS) is 15.4. The number of guanidine groups is 1. The Morgan fingerprint density at radius 3 is 2.78 bits per heavy atom. The molecule has 1 aromatic carbocycles. The Labute approximate surface area is 111 Å². The summed E-state index contributed by atoms with van der Waals surface area (Å²) in [6.07, 6.45) is 2.23. The molecule has 1 aliphatic carbocycles. The Morgan fingerprint density at radius 1 is 1.50 bits per heavy atom. The van der Waals surface area contributed by atoms with E-state index in [0.717, 1.165) is 24.1 Å². The van der Waals surface area contributed by atoms with Crippen LogP contribution in [0.2, 0.25) is 5.02 Å². The molecule has 0 aromatic heterocycles. The summed E-state index contributed by atoms with van der Waals surface area (Å²) in [5.74, 6) is 6.64. The number of nitrogens with zero attached hydrogens (tertiary/aromatic N) is 1. The van der Waals surface area contributed by atoms with Gasteiger partial charge in [-0.25, -0.2) is 10.8 Å². The van der Waals surface area contributed by atoms with Crippen LogP contribution in [0.4, 0.5) is 5.69 Å². The minimum absolute atomic E-state index is 0.378. The molecule has 0 atom stereocenters. The predicted molar refractivity (Wildman–Crippen MR) is 74.1 cm³/mol. The lowest BCUT2D eigenvalue weighted by atomic mass is 10.2. The van der Waals surface area contributed by atoms with Gasteiger partial charge in [-0.3, -0.25) is 5.43 Å². The van der Waals surface area contributed by atoms with Crippen molar-refractivity contribution in [2.75, 3.05) is 12.4 Å². The molecular formula is C12H17ClN4O. The van der Waals surface area contributed by atoms with Crippen LogP contribution in [0.25, 0.3) is 0 Å². The van der Waals surface area contributed by atoms with Gasteiger partial charge in [0.05, 0.1) is 18.8 Å². The molecule has 0 radical (unpaired) electrons. The highest BCUT2D eigenvalue weighted by molar-refractivity contribution is 6.31. The second-order valence-electron chi connectivity index (χ2n) is 4.28. The van der Waals surface area contributed by atoms with Gasteiger partial charge in [0.2, 0.25) is 5.96 Å². The van der Waals surface area contributed by atoms with E-state index in [2.05, 4.69) is 15.7 Å². The van der Waals surface area contributed by atoms with Gasteiger partial charge < -0.3 is 10.1 Å². The summed E-state index contributed by atoms with van der Waals surface area (Å²) in [6, 6.07) is 4.05. The Bertz CT molecular complexity index is 471. The quantitative estimate of drug-likeness (QED) is 0.340. The van der Waals surface area contributed by atoms with Gasteiger partial charge in [-0.05, 0) is 31.4 Å². The van der Waals surface area contributed by atoms with Gasteiger partial charge in [0.15, 0.2) is 0 Å². The van der Waals surface area contributed by atoms with Crippen LogP contribution in [0.1, 0.15) is 18.4 Å². The molecular weight excluding hydrogens is 252 g/mol. The van der Waals surface area contributed by atoms with E-state index in [-0.39, 0.29) is 0 Å². The third-order valence-electron chi connectivity index (χ3n) is 2.73. The van der Waals surface area contributed by atoms with Crippen molar-refractivity contribution in [3.8, 4) is 5.75 Å². The van der Waals surface area contributed by atoms with E-state index in [1.165, 1.54) is 0 Å². The van der Waals surface area contributed by atoms with Crippen LogP contribution in [0, 0.1) is 6.92 Å². The molecule has 0 heterocycles. The van der Waals surface area contributed by atoms with E-state index in [4.69, 9.17) is 22.2 Å². The Balaban J connectivity index is 2.23. The van der Waals surface area contributed by atoms with Crippen molar-refractivity contribution in [2.45, 2.75) is 25.8 Å². The molecule has 4 N–H and O–H groups in total. The number of nitrogens with two attached hydrogens (primary N) is 1. The number of hydrazine groups is 1. The van der Waals surface area contributed by atoms with Crippen molar-refractivity contribution in [1.82, 2.24) is 5.43 Å². The third-order valence-corrected chi connectivity index (χ3v) is 3.14. The molecule has 18 heavy (non-hydrogen) atoms. The summed E-state index contributed by atoms with van der Waals surface area (Å²) in [7, 11) is 1.60. The van der Waals surface area contributed by atoms with Crippen molar-refractivity contribution in [3.05, 3.63) is 22.7 Å². The average Bonchev–Trinajstić information content (AvgIpc) is 3.16. The van der Waals surface area contributed by atoms with Crippen LogP contribution >= 0.6 is 11.6 Å². The second kappa shape index (κ2) is 5.46. The van der Waals surface area contributed by atoms with E-state index < -0.39 is 0 Å². The van der Waals surface area contributed by atoms with Crippen molar-refractivity contribution >= 4 is 23.2 Å². The minimum atomic E-state index is 0.378. The number of aryl methyl sites for hydroxylation is 1. The standard InChI is InChI=1S/C12H17ClN4O/c1-7-5-10(11(18-2)6-9(7)13)16-12(17-14)15-8-3-4-8/h5-6,8H,3-4,14H2,1-2H3,(H2,15,16,17). The third kappa shape index (κ3) is 3.05. The Hall–Kier alpha value is -1.46. The minimum Gasteiger partial charge on any atom is -0.495 e. The summed E-state index contributed by atoms with van der Waals surface area (Å²) in [4.78, 5) is 4.41. The van der Waals surface area contributed by atoms with Crippen LogP contribution in [-0.2, 0) is 0 Å². The van der Waals surface area contributed by atoms with Gasteiger partial charge in [0.25, 0.3) is 0 Å². The fourth-order valence-corrected chi connectivity index (χ4v) is 1.70. The van der Waals surface area contributed by atoms with Crippen LogP contribution < -0.4 is 21.3 Å². The first kappa shape index (κ1) is 13.0. The molecule has 0 amide bonds. The van der Waals surface area contributed by atoms with Gasteiger partial charge in [0, 0.05) is 11.1 Å². The fraction of sp³-hybridized carbons (Fsp3) is 0.417. The predicted octanol–water partition coefficient (Wildman–Crippen LogP) is 2.05. The smallest absolute Gasteiger partial charge is 0.210 e. The first-order valence-electron chi connectivity index (χ1n) is 5.79. The Morgan fingerprint density at radius 2 is 2.22 bits per heavy atom. The average molecular weight is 269 g/mol. The van der Waals surface area contributed by atoms with E-state index >= 15 is 0 Å². The highest BCUT2D eigenvalue weighted by atomic mass is 35.5. The number of halogens is 1. The van der Waals surface area contributed by atoms with Crippen LogP contribution in [-0.4, -0.2) is 19.1 Å². The number of methoxy groups -OCH3 is 1. The molecule has 98 valence electrons. The van der Waals surface area contributed by atoms with E-state index in [0.29, 0.717) is 22.8 Å². The van der Waals surface area contributed by atoms with Gasteiger partial charge in [-0.1, -0.05) is 11.6 Å². The number of benzene rings is 1. The van der Waals surface area contributed by atoms with Crippen LogP contribution in [0.3, 0.4) is 0 Å². The number of aliphatic imine (C=N–C) groups is 1. The van der Waals surface area contributed by atoms with Gasteiger partial charge >= 0.3 is 0 Å². The maximum atomic E-state index is 6.05. The molecule has 0 unspecified atom stereocenters. The summed E-state index contributed by atoms with van der Waals surface area (Å²) < 4.78 is 5.28. The SMILES string of the molecule is COc1cc(Cl)c(C)cc1NC(=NC1CC1)NN. The maximum absolute atomic E-state index is 6.05. The first-order chi connectivity index (χ1) is 8.63. The summed E-state index contributed by atoms with van der Waals surface area (Å²) in [5.41, 5.74) is 4.31. The van der Waals surface area contributed by atoms with Crippen molar-refractivity contribution in [1.29, 1.82) is 0 Å². The van der Waals surface area contributed by atoms with Crippen molar-refractivity contribution in [2.24, 2.45) is 10.8 Å². The number of anilines is 1. The van der Waals surface area contributed by atoms with Crippen LogP contribution in [0.15, 0.2) is 17.1 Å². The van der Waals surface area contributed by atoms with Crippen molar-refractivity contribution < 1.29 is 4.74 Å². The zero-order chi connectivity index (χ0) is 13.1.